The summed E-state index contributed by atoms with van der Waals surface area (Å²) in [6.45, 7) is 0.882. The Morgan fingerprint density at radius 3 is 2.78 bits per heavy atom. The fourth-order valence-corrected chi connectivity index (χ4v) is 2.70. The summed E-state index contributed by atoms with van der Waals surface area (Å²) in [5.41, 5.74) is 7.52. The molecule has 98 valence electrons. The maximum Gasteiger partial charge on any atom is 0.106 e. The van der Waals surface area contributed by atoms with Crippen LogP contribution in [0.25, 0.3) is 0 Å². The van der Waals surface area contributed by atoms with Crippen molar-refractivity contribution < 1.29 is 5.11 Å². The maximum atomic E-state index is 9.31. The molecule has 3 N–H and O–H groups in total. The second kappa shape index (κ2) is 5.43. The van der Waals surface area contributed by atoms with Crippen LogP contribution < -0.4 is 10.6 Å². The molecule has 5 heteroatoms. The van der Waals surface area contributed by atoms with Crippen LogP contribution in [0.3, 0.4) is 0 Å². The molecule has 3 nitrogen and oxygen atoms in total. The number of aliphatic hydroxyl groups excluding tert-OH is 1. The quantitative estimate of drug-likeness (QED) is 0.832. The predicted octanol–water partition coefficient (Wildman–Crippen LogP) is 2.18. The Labute approximate surface area is 118 Å². The number of anilines is 1. The average Bonchev–Trinajstić information content (AvgIpc) is 2.26. The summed E-state index contributed by atoms with van der Waals surface area (Å²) < 4.78 is 0. The van der Waals surface area contributed by atoms with E-state index in [1.807, 2.05) is 19.2 Å². The van der Waals surface area contributed by atoms with Gasteiger partial charge >= 0.3 is 0 Å². The van der Waals surface area contributed by atoms with E-state index in [4.69, 9.17) is 29.6 Å². The number of halogens is 1. The zero-order valence-corrected chi connectivity index (χ0v) is 11.8. The lowest BCUT2D eigenvalue weighted by atomic mass is 9.82. The topological polar surface area (TPSA) is 49.5 Å². The third-order valence-corrected chi connectivity index (χ3v) is 3.83. The number of hydrogen-bond donors (Lipinski definition) is 2. The second-order valence-corrected chi connectivity index (χ2v) is 5.77. The van der Waals surface area contributed by atoms with Crippen LogP contribution in [-0.4, -0.2) is 29.8 Å². The summed E-state index contributed by atoms with van der Waals surface area (Å²) in [4.78, 5) is 2.49. The largest absolute Gasteiger partial charge is 0.393 e. The van der Waals surface area contributed by atoms with Crippen molar-refractivity contribution in [2.45, 2.75) is 18.9 Å². The van der Waals surface area contributed by atoms with E-state index in [1.165, 1.54) is 0 Å². The molecule has 1 fully saturated rings. The first-order valence-corrected chi connectivity index (χ1v) is 6.74. The summed E-state index contributed by atoms with van der Waals surface area (Å²) in [7, 11) is 2.00. The minimum atomic E-state index is -0.127. The van der Waals surface area contributed by atoms with Crippen LogP contribution in [0.2, 0.25) is 5.02 Å². The minimum absolute atomic E-state index is 0.127. The molecular formula is C13H17ClN2OS. The molecule has 1 aromatic carbocycles. The van der Waals surface area contributed by atoms with E-state index in [-0.39, 0.29) is 6.10 Å². The van der Waals surface area contributed by atoms with Gasteiger partial charge < -0.3 is 15.7 Å². The molecule has 0 unspecified atom stereocenters. The van der Waals surface area contributed by atoms with Gasteiger partial charge in [-0.1, -0.05) is 23.8 Å². The van der Waals surface area contributed by atoms with Crippen LogP contribution in [0, 0.1) is 5.92 Å². The molecule has 1 aliphatic carbocycles. The molecule has 0 aromatic heterocycles. The normalized spacial score (nSPS) is 22.4. The molecule has 1 aromatic rings. The van der Waals surface area contributed by atoms with Gasteiger partial charge in [-0.15, -0.1) is 0 Å². The van der Waals surface area contributed by atoms with Gasteiger partial charge in [-0.05, 0) is 37.0 Å². The maximum absolute atomic E-state index is 9.31. The first-order valence-electron chi connectivity index (χ1n) is 5.96. The number of aliphatic hydroxyl groups is 1. The van der Waals surface area contributed by atoms with E-state index in [0.29, 0.717) is 15.9 Å². The monoisotopic (exact) mass is 284 g/mol. The van der Waals surface area contributed by atoms with Crippen LogP contribution in [-0.2, 0) is 0 Å². The van der Waals surface area contributed by atoms with Crippen molar-refractivity contribution in [2.24, 2.45) is 11.7 Å². The van der Waals surface area contributed by atoms with Crippen LogP contribution >= 0.6 is 23.8 Å². The number of benzene rings is 1. The SMILES string of the molecule is CN(CC1CC(O)C1)c1cc(Cl)ccc1C(N)=S. The predicted molar refractivity (Wildman–Crippen MR) is 79.3 cm³/mol. The fourth-order valence-electron chi connectivity index (χ4n) is 2.36. The molecule has 0 bridgehead atoms. The van der Waals surface area contributed by atoms with Crippen molar-refractivity contribution in [3.05, 3.63) is 28.8 Å². The van der Waals surface area contributed by atoms with Crippen molar-refractivity contribution in [3.63, 3.8) is 0 Å². The number of nitrogens with zero attached hydrogens (tertiary/aromatic N) is 1. The highest BCUT2D eigenvalue weighted by Crippen LogP contribution is 2.31. The van der Waals surface area contributed by atoms with Crippen molar-refractivity contribution in [3.8, 4) is 0 Å². The average molecular weight is 285 g/mol. The van der Waals surface area contributed by atoms with Gasteiger partial charge in [0.1, 0.15) is 4.99 Å². The number of hydrogen-bond acceptors (Lipinski definition) is 3. The zero-order valence-electron chi connectivity index (χ0n) is 10.3. The summed E-state index contributed by atoms with van der Waals surface area (Å²) in [5.74, 6) is 0.531. The Balaban J connectivity index is 2.15. The third-order valence-electron chi connectivity index (χ3n) is 3.38. The van der Waals surface area contributed by atoms with Gasteiger partial charge in [0.15, 0.2) is 0 Å². The first kappa shape index (κ1) is 13.6. The van der Waals surface area contributed by atoms with E-state index >= 15 is 0 Å². The first-order chi connectivity index (χ1) is 8.47. The molecule has 1 aliphatic rings. The molecule has 1 saturated carbocycles. The number of thiocarbonyl (C=S) groups is 1. The molecular weight excluding hydrogens is 268 g/mol. The Hall–Kier alpha value is -0.840. The number of rotatable bonds is 4. The third kappa shape index (κ3) is 2.94. The molecule has 18 heavy (non-hydrogen) atoms. The van der Waals surface area contributed by atoms with Crippen molar-refractivity contribution in [1.82, 2.24) is 0 Å². The molecule has 0 saturated heterocycles. The lowest BCUT2D eigenvalue weighted by Gasteiger charge is -2.35. The fraction of sp³-hybridized carbons (Fsp3) is 0.462. The van der Waals surface area contributed by atoms with Crippen LogP contribution in [0.15, 0.2) is 18.2 Å². The van der Waals surface area contributed by atoms with Gasteiger partial charge in [0, 0.05) is 29.9 Å². The van der Waals surface area contributed by atoms with E-state index in [0.717, 1.165) is 30.6 Å². The summed E-state index contributed by atoms with van der Waals surface area (Å²) >= 11 is 11.1. The highest BCUT2D eigenvalue weighted by Gasteiger charge is 2.28. The van der Waals surface area contributed by atoms with Gasteiger partial charge in [0.05, 0.1) is 6.10 Å². The minimum Gasteiger partial charge on any atom is -0.393 e. The lowest BCUT2D eigenvalue weighted by Crippen LogP contribution is -2.37. The molecule has 0 aliphatic heterocycles. The Morgan fingerprint density at radius 2 is 2.22 bits per heavy atom. The summed E-state index contributed by atoms with van der Waals surface area (Å²) in [6.07, 6.45) is 1.61. The smallest absolute Gasteiger partial charge is 0.106 e. The standard InChI is InChI=1S/C13H17ClN2OS/c1-16(7-8-4-10(17)5-8)12-6-9(14)2-3-11(12)13(15)18/h2-3,6,8,10,17H,4-5,7H2,1H3,(H2,15,18). The van der Waals surface area contributed by atoms with Gasteiger partial charge in [-0.2, -0.15) is 0 Å². The summed E-state index contributed by atoms with van der Waals surface area (Å²) in [5, 5.41) is 9.98. The van der Waals surface area contributed by atoms with E-state index in [1.54, 1.807) is 6.07 Å². The Kier molecular flexibility index (Phi) is 4.10. The second-order valence-electron chi connectivity index (χ2n) is 4.90. The van der Waals surface area contributed by atoms with E-state index in [9.17, 15) is 5.11 Å². The lowest BCUT2D eigenvalue weighted by molar-refractivity contribution is 0.0465. The van der Waals surface area contributed by atoms with Gasteiger partial charge in [0.25, 0.3) is 0 Å². The Morgan fingerprint density at radius 1 is 1.56 bits per heavy atom. The van der Waals surface area contributed by atoms with Crippen LogP contribution in [0.4, 0.5) is 5.69 Å². The molecule has 0 heterocycles. The molecule has 0 amide bonds. The Bertz CT molecular complexity index is 460. The van der Waals surface area contributed by atoms with Crippen molar-refractivity contribution >= 4 is 34.5 Å². The number of nitrogens with two attached hydrogens (primary N) is 1. The molecule has 0 atom stereocenters. The van der Waals surface area contributed by atoms with Gasteiger partial charge in [-0.3, -0.25) is 0 Å². The summed E-state index contributed by atoms with van der Waals surface area (Å²) in [6, 6.07) is 5.53. The molecule has 0 radical (unpaired) electrons. The van der Waals surface area contributed by atoms with Crippen LogP contribution in [0.1, 0.15) is 18.4 Å². The highest BCUT2D eigenvalue weighted by atomic mass is 35.5. The van der Waals surface area contributed by atoms with E-state index < -0.39 is 0 Å². The highest BCUT2D eigenvalue weighted by molar-refractivity contribution is 7.80. The van der Waals surface area contributed by atoms with E-state index in [2.05, 4.69) is 4.90 Å². The van der Waals surface area contributed by atoms with Gasteiger partial charge in [-0.25, -0.2) is 0 Å². The molecule has 2 rings (SSSR count). The molecule has 0 spiro atoms. The van der Waals surface area contributed by atoms with Crippen molar-refractivity contribution in [1.29, 1.82) is 0 Å². The van der Waals surface area contributed by atoms with Crippen molar-refractivity contribution in [2.75, 3.05) is 18.5 Å². The van der Waals surface area contributed by atoms with Crippen LogP contribution in [0.5, 0.6) is 0 Å². The zero-order chi connectivity index (χ0) is 13.3. The van der Waals surface area contributed by atoms with Gasteiger partial charge in [0.2, 0.25) is 0 Å².